The fourth-order valence-corrected chi connectivity index (χ4v) is 0.634. The summed E-state index contributed by atoms with van der Waals surface area (Å²) in [6, 6.07) is 0. The average molecular weight is 203 g/mol. The lowest BCUT2D eigenvalue weighted by Crippen LogP contribution is -1.75. The van der Waals surface area contributed by atoms with E-state index in [1.807, 2.05) is 0 Å². The van der Waals surface area contributed by atoms with Crippen LogP contribution in [0.2, 0.25) is 0 Å². The number of hydrogen-bond acceptors (Lipinski definition) is 1. The average Bonchev–Trinajstić information content (AvgIpc) is 1.41. The van der Waals surface area contributed by atoms with Gasteiger partial charge in [0.05, 0.1) is 4.43 Å². The molecule has 0 spiro atoms. The van der Waals surface area contributed by atoms with Gasteiger partial charge in [-0.1, -0.05) is 22.6 Å². The Morgan fingerprint density at radius 3 is 2.40 bits per heavy atom. The van der Waals surface area contributed by atoms with Crippen molar-refractivity contribution < 1.29 is 4.21 Å². The first-order chi connectivity index (χ1) is 2.41. The second-order valence-corrected chi connectivity index (χ2v) is 2.23. The Bertz CT molecular complexity index is 30.8. The molecule has 1 nitrogen and oxygen atoms in total. The van der Waals surface area contributed by atoms with Crippen LogP contribution in [0.1, 0.15) is 0 Å². The van der Waals surface area contributed by atoms with Crippen molar-refractivity contribution in [1.29, 1.82) is 0 Å². The van der Waals surface area contributed by atoms with E-state index >= 15 is 0 Å². The molecule has 5 heavy (non-hydrogen) atoms. The fraction of sp³-hybridized carbons (Fsp3) is 1.00. The minimum atomic E-state index is 0.644. The highest BCUT2D eigenvalue weighted by atomic mass is 127. The summed E-state index contributed by atoms with van der Waals surface area (Å²) in [5.74, 6) is 0.737. The van der Waals surface area contributed by atoms with Crippen LogP contribution in [-0.4, -0.2) is 10.2 Å². The summed E-state index contributed by atoms with van der Waals surface area (Å²) >= 11 is 2.81. The summed E-state index contributed by atoms with van der Waals surface area (Å²) in [5.41, 5.74) is 0. The smallest absolute Gasteiger partial charge is 0.0804 e. The van der Waals surface area contributed by atoms with Gasteiger partial charge in [-0.2, -0.15) is 0 Å². The first-order valence-electron chi connectivity index (χ1n) is 1.22. The van der Waals surface area contributed by atoms with Crippen molar-refractivity contribution in [1.82, 2.24) is 0 Å². The lowest BCUT2D eigenvalue weighted by atomic mass is 11.0. The third-order valence-corrected chi connectivity index (χ3v) is 1.80. The summed E-state index contributed by atoms with van der Waals surface area (Å²) in [6.45, 7) is 0. The maximum atomic E-state index is 9.44. The van der Waals surface area contributed by atoms with Crippen molar-refractivity contribution >= 4 is 34.3 Å². The highest BCUT2D eigenvalue weighted by molar-refractivity contribution is 14.1. The molecular weight excluding hydrogens is 199 g/mol. The van der Waals surface area contributed by atoms with Crippen LogP contribution in [0.5, 0.6) is 0 Å². The molecule has 30 valence electrons. The molecule has 0 aromatic rings. The maximum absolute atomic E-state index is 9.44. The summed E-state index contributed by atoms with van der Waals surface area (Å²) in [7, 11) is 0. The normalized spacial score (nSPS) is 7.40. The molecule has 0 aliphatic rings. The van der Waals surface area contributed by atoms with E-state index in [1.54, 1.807) is 0 Å². The maximum Gasteiger partial charge on any atom is 0.459 e. The van der Waals surface area contributed by atoms with E-state index in [2.05, 4.69) is 22.6 Å². The van der Waals surface area contributed by atoms with Gasteiger partial charge in [0.15, 0.2) is 0 Å². The van der Waals surface area contributed by atoms with Crippen molar-refractivity contribution in [2.45, 2.75) is 0 Å². The minimum absolute atomic E-state index is 0.644. The van der Waals surface area contributed by atoms with Gasteiger partial charge in [0.2, 0.25) is 5.75 Å². The molecule has 0 saturated carbocycles. The quantitative estimate of drug-likeness (QED) is 0.369. The predicted molar refractivity (Wildman–Crippen MR) is 31.8 cm³/mol. The van der Waals surface area contributed by atoms with Crippen molar-refractivity contribution in [3.8, 4) is 0 Å². The predicted octanol–water partition coefficient (Wildman–Crippen LogP) is 0.850. The number of halogens is 1. The largest absolute Gasteiger partial charge is 0.459 e. The third-order valence-electron chi connectivity index (χ3n) is 0.160. The first-order valence-corrected chi connectivity index (χ1v) is 3.66. The van der Waals surface area contributed by atoms with E-state index in [0.717, 1.165) is 10.2 Å². The van der Waals surface area contributed by atoms with Gasteiger partial charge in [-0.3, -0.25) is 0 Å². The van der Waals surface area contributed by atoms with Gasteiger partial charge in [0.1, 0.15) is 0 Å². The molecule has 0 N–H and O–H groups in total. The summed E-state index contributed by atoms with van der Waals surface area (Å²) in [4.78, 5) is 0. The fourth-order valence-electron chi connectivity index (χ4n) is 0.0315. The lowest BCUT2D eigenvalue weighted by Gasteiger charge is -1.51. The van der Waals surface area contributed by atoms with Gasteiger partial charge in [-0.25, -0.2) is 0 Å². The van der Waals surface area contributed by atoms with Crippen LogP contribution >= 0.6 is 22.6 Å². The SMILES string of the molecule is O=[S+]CCI. The molecule has 0 aliphatic heterocycles. The molecule has 0 atom stereocenters. The molecule has 0 aromatic heterocycles. The second-order valence-electron chi connectivity index (χ2n) is 0.511. The van der Waals surface area contributed by atoms with E-state index in [-0.39, 0.29) is 0 Å². The molecule has 0 rings (SSSR count). The highest BCUT2D eigenvalue weighted by Crippen LogP contribution is 1.75. The van der Waals surface area contributed by atoms with Crippen LogP contribution in [0.15, 0.2) is 0 Å². The molecule has 0 saturated heterocycles. The Morgan fingerprint density at radius 2 is 2.40 bits per heavy atom. The van der Waals surface area contributed by atoms with Gasteiger partial charge in [0, 0.05) is 4.21 Å². The first kappa shape index (κ1) is 5.75. The van der Waals surface area contributed by atoms with Gasteiger partial charge in [0.25, 0.3) is 0 Å². The standard InChI is InChI=1S/C2H4IOS/c3-1-2-5-4/h1-2H2/q+1. The second kappa shape index (κ2) is 4.75. The van der Waals surface area contributed by atoms with Crippen LogP contribution in [0, 0.1) is 0 Å². The number of hydrogen-bond donors (Lipinski definition) is 0. The minimum Gasteiger partial charge on any atom is -0.0804 e. The van der Waals surface area contributed by atoms with E-state index in [1.165, 1.54) is 0 Å². The Morgan fingerprint density at radius 1 is 1.80 bits per heavy atom. The van der Waals surface area contributed by atoms with Crippen molar-refractivity contribution in [2.75, 3.05) is 10.2 Å². The molecule has 0 aromatic carbocycles. The van der Waals surface area contributed by atoms with Crippen LogP contribution in [0.25, 0.3) is 0 Å². The highest BCUT2D eigenvalue weighted by Gasteiger charge is 1.88. The van der Waals surface area contributed by atoms with Gasteiger partial charge in [-0.15, -0.1) is 0 Å². The molecule has 3 heteroatoms. The zero-order valence-corrected chi connectivity index (χ0v) is 5.58. The molecule has 0 heterocycles. The summed E-state index contributed by atoms with van der Waals surface area (Å²) in [6.07, 6.45) is 0. The van der Waals surface area contributed by atoms with E-state index in [9.17, 15) is 4.21 Å². The lowest BCUT2D eigenvalue weighted by molar-refractivity contribution is 0.605. The Balaban J connectivity index is 2.40. The zero-order chi connectivity index (χ0) is 4.12. The van der Waals surface area contributed by atoms with Crippen molar-refractivity contribution in [2.24, 2.45) is 0 Å². The molecule has 0 fully saturated rings. The van der Waals surface area contributed by atoms with Crippen LogP contribution in [0.3, 0.4) is 0 Å². The van der Waals surface area contributed by atoms with Gasteiger partial charge >= 0.3 is 11.7 Å². The van der Waals surface area contributed by atoms with Crippen molar-refractivity contribution in [3.63, 3.8) is 0 Å². The summed E-state index contributed by atoms with van der Waals surface area (Å²) < 4.78 is 10.4. The molecular formula is C2H4IOS+. The third kappa shape index (κ3) is 4.75. The molecule has 0 unspecified atom stereocenters. The van der Waals surface area contributed by atoms with Gasteiger partial charge < -0.3 is 0 Å². The molecule has 0 amide bonds. The van der Waals surface area contributed by atoms with E-state index in [0.29, 0.717) is 11.7 Å². The Kier molecular flexibility index (Phi) is 5.46. The van der Waals surface area contributed by atoms with Gasteiger partial charge in [-0.05, 0) is 0 Å². The monoisotopic (exact) mass is 203 g/mol. The zero-order valence-electron chi connectivity index (χ0n) is 2.61. The molecule has 0 bridgehead atoms. The topological polar surface area (TPSA) is 17.1 Å². The number of alkyl halides is 1. The number of rotatable bonds is 2. The van der Waals surface area contributed by atoms with E-state index in [4.69, 9.17) is 0 Å². The van der Waals surface area contributed by atoms with Crippen LogP contribution < -0.4 is 0 Å². The van der Waals surface area contributed by atoms with Crippen LogP contribution in [-0.2, 0) is 15.9 Å². The molecule has 0 aliphatic carbocycles. The Labute approximate surface area is 48.8 Å². The van der Waals surface area contributed by atoms with Crippen LogP contribution in [0.4, 0.5) is 0 Å². The Hall–Kier alpha value is 0.750. The molecule has 0 radical (unpaired) electrons. The van der Waals surface area contributed by atoms with Crippen molar-refractivity contribution in [3.05, 3.63) is 0 Å². The summed E-state index contributed by atoms with van der Waals surface area (Å²) in [5, 5.41) is 0. The van der Waals surface area contributed by atoms with E-state index < -0.39 is 0 Å².